The molecule has 0 radical (unpaired) electrons. The zero-order valence-corrected chi connectivity index (χ0v) is 10.5. The number of aldehydes is 1. The van der Waals surface area contributed by atoms with Gasteiger partial charge in [-0.1, -0.05) is 11.8 Å². The maximum atomic E-state index is 13.3. The number of carbonyl (C=O) groups excluding carboxylic acids is 1. The molecule has 0 bridgehead atoms. The van der Waals surface area contributed by atoms with Crippen molar-refractivity contribution in [3.63, 3.8) is 0 Å². The lowest BCUT2D eigenvalue weighted by Crippen LogP contribution is -2.22. The first kappa shape index (κ1) is 13.7. The van der Waals surface area contributed by atoms with Crippen LogP contribution in [0.1, 0.15) is 35.2 Å². The Balaban J connectivity index is 1.85. The van der Waals surface area contributed by atoms with Gasteiger partial charge in [0, 0.05) is 12.2 Å². The van der Waals surface area contributed by atoms with Crippen molar-refractivity contribution >= 4 is 6.29 Å². The molecule has 1 saturated heterocycles. The number of carbonyl (C=O) groups is 1. The van der Waals surface area contributed by atoms with Gasteiger partial charge in [-0.25, -0.2) is 4.39 Å². The summed E-state index contributed by atoms with van der Waals surface area (Å²) in [5.74, 6) is 5.04. The molecular weight excluding hydrogens is 247 g/mol. The molecule has 1 fully saturated rings. The van der Waals surface area contributed by atoms with Gasteiger partial charge in [-0.15, -0.1) is 0 Å². The first-order valence-corrected chi connectivity index (χ1v) is 6.26. The molecule has 1 aliphatic heterocycles. The second kappa shape index (κ2) is 7.03. The Morgan fingerprint density at radius 2 is 2.37 bits per heavy atom. The first-order chi connectivity index (χ1) is 9.29. The molecular formula is C15H15FO3. The van der Waals surface area contributed by atoms with Crippen LogP contribution in [0.3, 0.4) is 0 Å². The van der Waals surface area contributed by atoms with E-state index in [2.05, 4.69) is 11.8 Å². The largest absolute Gasteiger partial charge is 0.353 e. The van der Waals surface area contributed by atoms with Gasteiger partial charge in [-0.3, -0.25) is 4.79 Å². The van der Waals surface area contributed by atoms with E-state index in [1.807, 2.05) is 0 Å². The van der Waals surface area contributed by atoms with Gasteiger partial charge in [0.1, 0.15) is 12.4 Å². The molecule has 0 aromatic heterocycles. The summed E-state index contributed by atoms with van der Waals surface area (Å²) in [7, 11) is 0. The van der Waals surface area contributed by atoms with Crippen molar-refractivity contribution in [3.05, 3.63) is 35.1 Å². The van der Waals surface area contributed by atoms with Crippen LogP contribution in [-0.4, -0.2) is 25.8 Å². The van der Waals surface area contributed by atoms with Crippen LogP contribution in [-0.2, 0) is 9.47 Å². The van der Waals surface area contributed by atoms with E-state index in [1.54, 1.807) is 6.07 Å². The summed E-state index contributed by atoms with van der Waals surface area (Å²) in [6, 6.07) is 4.27. The second-order valence-corrected chi connectivity index (χ2v) is 4.26. The fourth-order valence-corrected chi connectivity index (χ4v) is 1.82. The third-order valence-electron chi connectivity index (χ3n) is 2.84. The minimum atomic E-state index is -0.557. The Bertz CT molecular complexity index is 496. The molecule has 2 rings (SSSR count). The van der Waals surface area contributed by atoms with Crippen molar-refractivity contribution < 1.29 is 18.7 Å². The quantitative estimate of drug-likeness (QED) is 0.620. The Hall–Kier alpha value is -1.70. The molecule has 19 heavy (non-hydrogen) atoms. The maximum absolute atomic E-state index is 13.3. The van der Waals surface area contributed by atoms with Crippen LogP contribution < -0.4 is 0 Å². The normalized spacial score (nSPS) is 18.5. The first-order valence-electron chi connectivity index (χ1n) is 6.26. The number of halogens is 1. The van der Waals surface area contributed by atoms with E-state index < -0.39 is 5.82 Å². The van der Waals surface area contributed by atoms with Gasteiger partial charge >= 0.3 is 0 Å². The van der Waals surface area contributed by atoms with E-state index in [0.717, 1.165) is 25.9 Å². The summed E-state index contributed by atoms with van der Waals surface area (Å²) < 4.78 is 24.1. The zero-order chi connectivity index (χ0) is 13.5. The Labute approximate surface area is 111 Å². The Morgan fingerprint density at radius 1 is 1.47 bits per heavy atom. The minimum Gasteiger partial charge on any atom is -0.353 e. The van der Waals surface area contributed by atoms with Crippen LogP contribution in [0.25, 0.3) is 0 Å². The number of hydrogen-bond donors (Lipinski definition) is 0. The lowest BCUT2D eigenvalue weighted by molar-refractivity contribution is -0.154. The monoisotopic (exact) mass is 262 g/mol. The predicted molar refractivity (Wildman–Crippen MR) is 68.2 cm³/mol. The SMILES string of the molecule is O=Cc1ccc(C#CCOC2CCCCO2)cc1F. The molecule has 4 heteroatoms. The van der Waals surface area contributed by atoms with E-state index >= 15 is 0 Å². The molecule has 0 N–H and O–H groups in total. The van der Waals surface area contributed by atoms with Crippen LogP contribution in [0, 0.1) is 17.7 Å². The maximum Gasteiger partial charge on any atom is 0.158 e. The standard InChI is InChI=1S/C15H15FO3/c16-14-10-12(6-7-13(14)11-17)4-3-9-19-15-5-1-2-8-18-15/h6-7,10-11,15H,1-2,5,8-9H2. The molecule has 0 aliphatic carbocycles. The van der Waals surface area contributed by atoms with Gasteiger partial charge in [-0.05, 0) is 37.5 Å². The Kier molecular flexibility index (Phi) is 5.08. The van der Waals surface area contributed by atoms with Gasteiger partial charge in [-0.2, -0.15) is 0 Å². The fraction of sp³-hybridized carbons (Fsp3) is 0.400. The molecule has 1 atom stereocenters. The van der Waals surface area contributed by atoms with E-state index in [1.165, 1.54) is 12.1 Å². The number of hydrogen-bond acceptors (Lipinski definition) is 3. The van der Waals surface area contributed by atoms with Crippen LogP contribution in [0.5, 0.6) is 0 Å². The smallest absolute Gasteiger partial charge is 0.158 e. The molecule has 3 nitrogen and oxygen atoms in total. The summed E-state index contributed by atoms with van der Waals surface area (Å²) in [5.41, 5.74) is 0.564. The van der Waals surface area contributed by atoms with Crippen LogP contribution in [0.2, 0.25) is 0 Å². The lowest BCUT2D eigenvalue weighted by atomic mass is 10.1. The van der Waals surface area contributed by atoms with E-state index in [4.69, 9.17) is 9.47 Å². The minimum absolute atomic E-state index is 0.0393. The fourth-order valence-electron chi connectivity index (χ4n) is 1.82. The predicted octanol–water partition coefficient (Wildman–Crippen LogP) is 2.53. The highest BCUT2D eigenvalue weighted by Gasteiger charge is 2.12. The van der Waals surface area contributed by atoms with Crippen molar-refractivity contribution in [2.45, 2.75) is 25.6 Å². The zero-order valence-electron chi connectivity index (χ0n) is 10.5. The van der Waals surface area contributed by atoms with Crippen molar-refractivity contribution in [1.82, 2.24) is 0 Å². The average Bonchev–Trinajstić information content (AvgIpc) is 2.45. The number of benzene rings is 1. The molecule has 1 aromatic carbocycles. The molecule has 1 unspecified atom stereocenters. The van der Waals surface area contributed by atoms with Crippen molar-refractivity contribution in [2.75, 3.05) is 13.2 Å². The second-order valence-electron chi connectivity index (χ2n) is 4.26. The molecule has 100 valence electrons. The average molecular weight is 262 g/mol. The third-order valence-corrected chi connectivity index (χ3v) is 2.84. The van der Waals surface area contributed by atoms with Crippen LogP contribution in [0.15, 0.2) is 18.2 Å². The highest BCUT2D eigenvalue weighted by Crippen LogP contribution is 2.13. The molecule has 0 spiro atoms. The molecule has 1 aromatic rings. The van der Waals surface area contributed by atoms with Crippen LogP contribution in [0.4, 0.5) is 4.39 Å². The summed E-state index contributed by atoms with van der Waals surface area (Å²) in [5, 5.41) is 0. The van der Waals surface area contributed by atoms with Gasteiger partial charge in [0.15, 0.2) is 12.6 Å². The summed E-state index contributed by atoms with van der Waals surface area (Å²) >= 11 is 0. The number of rotatable bonds is 3. The van der Waals surface area contributed by atoms with Gasteiger partial charge in [0.25, 0.3) is 0 Å². The summed E-state index contributed by atoms with van der Waals surface area (Å²) in [6.45, 7) is 0.984. The molecule has 1 aliphatic rings. The molecule has 0 amide bonds. The molecule has 0 saturated carbocycles. The third kappa shape index (κ3) is 4.16. The van der Waals surface area contributed by atoms with Crippen molar-refractivity contribution in [1.29, 1.82) is 0 Å². The van der Waals surface area contributed by atoms with Gasteiger partial charge < -0.3 is 9.47 Å². The lowest BCUT2D eigenvalue weighted by Gasteiger charge is -2.21. The van der Waals surface area contributed by atoms with E-state index in [9.17, 15) is 9.18 Å². The van der Waals surface area contributed by atoms with Crippen LogP contribution >= 0.6 is 0 Å². The highest BCUT2D eigenvalue weighted by molar-refractivity contribution is 5.75. The Morgan fingerprint density at radius 3 is 3.05 bits per heavy atom. The topological polar surface area (TPSA) is 35.5 Å². The molecule has 1 heterocycles. The highest BCUT2D eigenvalue weighted by atomic mass is 19.1. The van der Waals surface area contributed by atoms with E-state index in [0.29, 0.717) is 11.8 Å². The van der Waals surface area contributed by atoms with Gasteiger partial charge in [0.05, 0.1) is 5.56 Å². The van der Waals surface area contributed by atoms with Crippen molar-refractivity contribution in [3.8, 4) is 11.8 Å². The number of ether oxygens (including phenoxy) is 2. The van der Waals surface area contributed by atoms with Crippen molar-refractivity contribution in [2.24, 2.45) is 0 Å². The van der Waals surface area contributed by atoms with E-state index in [-0.39, 0.29) is 18.5 Å². The summed E-state index contributed by atoms with van der Waals surface area (Å²) in [4.78, 5) is 10.5. The summed E-state index contributed by atoms with van der Waals surface area (Å²) in [6.07, 6.45) is 3.39. The van der Waals surface area contributed by atoms with Gasteiger partial charge in [0.2, 0.25) is 0 Å².